The lowest BCUT2D eigenvalue weighted by atomic mass is 9.85. The fourth-order valence-corrected chi connectivity index (χ4v) is 4.31. The lowest BCUT2D eigenvalue weighted by Gasteiger charge is -2.16. The van der Waals surface area contributed by atoms with Crippen LogP contribution in [0.15, 0.2) is 60.7 Å². The highest BCUT2D eigenvalue weighted by Crippen LogP contribution is 2.36. The Kier molecular flexibility index (Phi) is 6.40. The van der Waals surface area contributed by atoms with Crippen molar-refractivity contribution in [3.8, 4) is 17.6 Å². The molecule has 4 rings (SSSR count). The molecule has 1 amide bonds. The summed E-state index contributed by atoms with van der Waals surface area (Å²) in [5, 5.41) is 12.6. The van der Waals surface area contributed by atoms with Crippen LogP contribution >= 0.6 is 11.3 Å². The third kappa shape index (κ3) is 4.93. The molecule has 0 radical (unpaired) electrons. The van der Waals surface area contributed by atoms with E-state index in [1.807, 2.05) is 6.07 Å². The molecule has 9 heteroatoms. The number of fused-ring (bicyclic) bond motifs is 1. The number of hydrogen-bond acceptors (Lipinski definition) is 8. The lowest BCUT2D eigenvalue weighted by Crippen LogP contribution is -2.17. The summed E-state index contributed by atoms with van der Waals surface area (Å²) >= 11 is 1.17. The van der Waals surface area contributed by atoms with E-state index in [4.69, 9.17) is 15.2 Å². The van der Waals surface area contributed by atoms with Gasteiger partial charge in [0, 0.05) is 17.3 Å². The number of nitrogens with two attached hydrogens (primary N) is 1. The second-order valence-electron chi connectivity index (χ2n) is 8.23. The number of ether oxygens (including phenoxy) is 2. The van der Waals surface area contributed by atoms with Crippen LogP contribution in [0.1, 0.15) is 40.1 Å². The number of nitrogens with one attached hydrogen (secondary N) is 1. The molecule has 4 aromatic rings. The van der Waals surface area contributed by atoms with E-state index in [2.05, 4.69) is 16.4 Å². The van der Waals surface area contributed by atoms with Gasteiger partial charge in [-0.2, -0.15) is 5.26 Å². The van der Waals surface area contributed by atoms with Gasteiger partial charge in [-0.3, -0.25) is 4.79 Å². The number of methoxy groups -OCH3 is 1. The van der Waals surface area contributed by atoms with Gasteiger partial charge in [-0.15, -0.1) is 0 Å². The van der Waals surface area contributed by atoms with E-state index < -0.39 is 11.4 Å². The minimum atomic E-state index is -0.717. The van der Waals surface area contributed by atoms with Crippen LogP contribution < -0.4 is 15.8 Å². The fourth-order valence-electron chi connectivity index (χ4n) is 3.45. The van der Waals surface area contributed by atoms with Crippen LogP contribution in [0.4, 0.5) is 10.8 Å². The van der Waals surface area contributed by atoms with E-state index in [1.54, 1.807) is 68.4 Å². The van der Waals surface area contributed by atoms with E-state index in [0.717, 1.165) is 5.56 Å². The number of benzene rings is 3. The highest BCUT2D eigenvalue weighted by Gasteiger charge is 2.22. The molecule has 0 atom stereocenters. The van der Waals surface area contributed by atoms with E-state index >= 15 is 0 Å². The molecule has 176 valence electrons. The topological polar surface area (TPSA) is 127 Å². The maximum absolute atomic E-state index is 12.9. The normalized spacial score (nSPS) is 11.0. The Labute approximate surface area is 205 Å². The van der Waals surface area contributed by atoms with Crippen molar-refractivity contribution in [3.05, 3.63) is 77.4 Å². The van der Waals surface area contributed by atoms with Gasteiger partial charge >= 0.3 is 5.97 Å². The smallest absolute Gasteiger partial charge is 0.343 e. The summed E-state index contributed by atoms with van der Waals surface area (Å²) in [6.45, 7) is 3.59. The van der Waals surface area contributed by atoms with E-state index in [0.29, 0.717) is 32.3 Å². The van der Waals surface area contributed by atoms with Crippen molar-refractivity contribution in [3.63, 3.8) is 0 Å². The third-order valence-electron chi connectivity index (χ3n) is 5.37. The number of aromatic nitrogens is 1. The summed E-state index contributed by atoms with van der Waals surface area (Å²) in [5.41, 5.74) is 7.58. The first-order valence-corrected chi connectivity index (χ1v) is 11.4. The number of amides is 1. The van der Waals surface area contributed by atoms with Gasteiger partial charge in [-0.05, 0) is 55.8 Å². The summed E-state index contributed by atoms with van der Waals surface area (Å²) in [6.07, 6.45) is 0. The Morgan fingerprint density at radius 2 is 1.89 bits per heavy atom. The summed E-state index contributed by atoms with van der Waals surface area (Å²) < 4.78 is 11.5. The SMILES string of the molecule is COC(=O)c1c(Oc2cccc(NC(=O)c3cccc(C(C)(C)C#N)c3)c2)ccc2nc(N)sc12. The molecule has 0 bridgehead atoms. The number of carbonyl (C=O) groups is 2. The number of nitrogen functional groups attached to an aromatic ring is 1. The first kappa shape index (κ1) is 23.7. The van der Waals surface area contributed by atoms with Crippen LogP contribution in [-0.2, 0) is 10.2 Å². The minimum absolute atomic E-state index is 0.227. The Morgan fingerprint density at radius 3 is 2.63 bits per heavy atom. The summed E-state index contributed by atoms with van der Waals surface area (Å²) in [5.74, 6) is -0.208. The quantitative estimate of drug-likeness (QED) is 0.344. The van der Waals surface area contributed by atoms with Crippen LogP contribution in [0.5, 0.6) is 11.5 Å². The molecule has 0 spiro atoms. The molecule has 0 saturated carbocycles. The Bertz CT molecular complexity index is 1490. The van der Waals surface area contributed by atoms with Gasteiger partial charge in [-0.1, -0.05) is 29.5 Å². The largest absolute Gasteiger partial charge is 0.465 e. The van der Waals surface area contributed by atoms with Gasteiger partial charge in [0.25, 0.3) is 5.91 Å². The number of nitriles is 1. The van der Waals surface area contributed by atoms with Crippen LogP contribution in [0.2, 0.25) is 0 Å². The van der Waals surface area contributed by atoms with Gasteiger partial charge in [0.1, 0.15) is 17.1 Å². The minimum Gasteiger partial charge on any atom is -0.465 e. The molecule has 0 saturated heterocycles. The van der Waals surface area contributed by atoms with E-state index in [-0.39, 0.29) is 17.2 Å². The predicted octanol–water partition coefficient (Wildman–Crippen LogP) is 5.51. The number of thiazole rings is 1. The molecule has 0 unspecified atom stereocenters. The number of rotatable bonds is 6. The zero-order valence-corrected chi connectivity index (χ0v) is 20.1. The van der Waals surface area contributed by atoms with Crippen LogP contribution in [0, 0.1) is 11.3 Å². The molecular weight excluding hydrogens is 464 g/mol. The molecule has 1 aromatic heterocycles. The second-order valence-corrected chi connectivity index (χ2v) is 9.26. The third-order valence-corrected chi connectivity index (χ3v) is 6.29. The van der Waals surface area contributed by atoms with Gasteiger partial charge < -0.3 is 20.5 Å². The average Bonchev–Trinajstić information content (AvgIpc) is 3.24. The summed E-state index contributed by atoms with van der Waals surface area (Å²) in [7, 11) is 1.29. The molecule has 3 N–H and O–H groups in total. The number of nitrogens with zero attached hydrogens (tertiary/aromatic N) is 2. The maximum Gasteiger partial charge on any atom is 0.343 e. The van der Waals surface area contributed by atoms with Gasteiger partial charge in [-0.25, -0.2) is 9.78 Å². The lowest BCUT2D eigenvalue weighted by molar-refractivity contribution is 0.0600. The highest BCUT2D eigenvalue weighted by atomic mass is 32.1. The van der Waals surface area contributed by atoms with Crippen LogP contribution in [0.25, 0.3) is 10.2 Å². The molecule has 0 fully saturated rings. The number of anilines is 2. The molecule has 0 aliphatic heterocycles. The Morgan fingerprint density at radius 1 is 1.11 bits per heavy atom. The number of carbonyl (C=O) groups excluding carboxylic acids is 2. The van der Waals surface area contributed by atoms with Crippen molar-refractivity contribution >= 4 is 44.2 Å². The van der Waals surface area contributed by atoms with Crippen LogP contribution in [0.3, 0.4) is 0 Å². The monoisotopic (exact) mass is 486 g/mol. The van der Waals surface area contributed by atoms with Crippen molar-refractivity contribution in [1.82, 2.24) is 4.98 Å². The van der Waals surface area contributed by atoms with Crippen molar-refractivity contribution in [2.75, 3.05) is 18.2 Å². The Balaban J connectivity index is 1.60. The van der Waals surface area contributed by atoms with Crippen molar-refractivity contribution < 1.29 is 19.1 Å². The standard InChI is InChI=1S/C26H22N4O4S/c1-26(2,14-27)16-7-4-6-15(12-16)23(31)29-17-8-5-9-18(13-17)34-20-11-10-19-22(35-25(28)30-19)21(20)24(32)33-3/h4-13H,1-3H3,(H2,28,30)(H,29,31). The van der Waals surface area contributed by atoms with Crippen molar-refractivity contribution in [2.24, 2.45) is 0 Å². The molecule has 35 heavy (non-hydrogen) atoms. The number of esters is 1. The molecular formula is C26H22N4O4S. The van der Waals surface area contributed by atoms with Gasteiger partial charge in [0.2, 0.25) is 0 Å². The molecule has 0 aliphatic carbocycles. The zero-order chi connectivity index (χ0) is 25.2. The van der Waals surface area contributed by atoms with Crippen molar-refractivity contribution in [1.29, 1.82) is 5.26 Å². The number of hydrogen-bond donors (Lipinski definition) is 2. The van der Waals surface area contributed by atoms with E-state index in [9.17, 15) is 14.9 Å². The zero-order valence-electron chi connectivity index (χ0n) is 19.3. The Hall–Kier alpha value is -4.42. The predicted molar refractivity (Wildman–Crippen MR) is 135 cm³/mol. The van der Waals surface area contributed by atoms with Gasteiger partial charge in [0.15, 0.2) is 5.13 Å². The molecule has 8 nitrogen and oxygen atoms in total. The molecule has 1 heterocycles. The van der Waals surface area contributed by atoms with Gasteiger partial charge in [0.05, 0.1) is 28.8 Å². The van der Waals surface area contributed by atoms with Crippen molar-refractivity contribution in [2.45, 2.75) is 19.3 Å². The molecule has 0 aliphatic rings. The fraction of sp³-hybridized carbons (Fsp3) is 0.154. The summed E-state index contributed by atoms with van der Waals surface area (Å²) in [4.78, 5) is 29.6. The summed E-state index contributed by atoms with van der Waals surface area (Å²) in [6, 6.07) is 19.3. The maximum atomic E-state index is 12.9. The second kappa shape index (κ2) is 9.44. The first-order chi connectivity index (χ1) is 16.7. The average molecular weight is 487 g/mol. The highest BCUT2D eigenvalue weighted by molar-refractivity contribution is 7.22. The van der Waals surface area contributed by atoms with E-state index in [1.165, 1.54) is 18.4 Å². The first-order valence-electron chi connectivity index (χ1n) is 10.6. The molecule has 3 aromatic carbocycles. The van der Waals surface area contributed by atoms with Crippen LogP contribution in [-0.4, -0.2) is 24.0 Å².